The van der Waals surface area contributed by atoms with Gasteiger partial charge >= 0.3 is 0 Å². The molecule has 12 heavy (non-hydrogen) atoms. The third-order valence-electron chi connectivity index (χ3n) is 1.61. The van der Waals surface area contributed by atoms with E-state index in [2.05, 4.69) is 12.3 Å². The second kappa shape index (κ2) is 7.06. The van der Waals surface area contributed by atoms with Crippen molar-refractivity contribution >= 4 is 16.1 Å². The highest BCUT2D eigenvalue weighted by Crippen LogP contribution is 2.08. The molecule has 0 aromatic rings. The first-order valence-corrected chi connectivity index (χ1v) is 5.35. The topological polar surface area (TPSA) is 52.3 Å². The minimum absolute atomic E-state index is 0.481. The molecule has 70 valence electrons. The van der Waals surface area contributed by atoms with Crippen LogP contribution in [0.25, 0.3) is 0 Å². The summed E-state index contributed by atoms with van der Waals surface area (Å²) >= 11 is 0. The average molecular weight is 187 g/mol. The normalized spacial score (nSPS) is 22.2. The Labute approximate surface area is 76.4 Å². The molecular weight excluding hydrogens is 170 g/mol. The largest absolute Gasteiger partial charge is 0.383 e. The molecule has 1 rings (SSSR count). The molecule has 0 bridgehead atoms. The van der Waals surface area contributed by atoms with Crippen molar-refractivity contribution in [3.8, 4) is 0 Å². The quantitative estimate of drug-likeness (QED) is 0.446. The number of primary amides is 1. The summed E-state index contributed by atoms with van der Waals surface area (Å²) in [6.07, 6.45) is 5.07. The zero-order valence-corrected chi connectivity index (χ0v) is 9.58. The van der Waals surface area contributed by atoms with Gasteiger partial charge in [0.2, 0.25) is 5.91 Å². The Bertz CT molecular complexity index is 144. The second-order valence-corrected chi connectivity index (χ2v) is 4.07. The molecule has 1 atom stereocenters. The van der Waals surface area contributed by atoms with Crippen LogP contribution in [0.4, 0.5) is 0 Å². The Balaban J connectivity index is 0.000000217. The summed E-state index contributed by atoms with van der Waals surface area (Å²) < 4.78 is 5.34. The predicted octanol–water partition coefficient (Wildman–Crippen LogP) is -0.464. The highest BCUT2D eigenvalue weighted by Gasteiger charge is 2.05. The molecule has 0 saturated carbocycles. The summed E-state index contributed by atoms with van der Waals surface area (Å²) in [6.45, 7) is 4.11. The van der Waals surface area contributed by atoms with Crippen molar-refractivity contribution in [3.63, 3.8) is 0 Å². The standard InChI is InChI=1S/C5H12OSi.C3H5NO/c7-5-3-1-2-4-6-5;1-2-3(4)5/h5H,1-4H2,7H3;2H,1H2,(H2,4,5). The minimum atomic E-state index is -0.481. The zero-order valence-electron chi connectivity index (χ0n) is 7.58. The number of hydrogen-bond donors (Lipinski definition) is 1. The Morgan fingerprint density at radius 3 is 2.42 bits per heavy atom. The molecule has 0 aromatic heterocycles. The second-order valence-electron chi connectivity index (χ2n) is 2.78. The van der Waals surface area contributed by atoms with Gasteiger partial charge in [0, 0.05) is 22.6 Å². The number of ether oxygens (including phenoxy) is 1. The predicted molar refractivity (Wildman–Crippen MR) is 52.9 cm³/mol. The van der Waals surface area contributed by atoms with Crippen molar-refractivity contribution in [2.24, 2.45) is 5.73 Å². The van der Waals surface area contributed by atoms with Crippen LogP contribution in [0.1, 0.15) is 19.3 Å². The monoisotopic (exact) mass is 187 g/mol. The van der Waals surface area contributed by atoms with E-state index < -0.39 is 5.91 Å². The molecule has 0 radical (unpaired) electrons. The van der Waals surface area contributed by atoms with Crippen LogP contribution in [0, 0.1) is 0 Å². The van der Waals surface area contributed by atoms with Gasteiger partial charge in [-0.2, -0.15) is 0 Å². The van der Waals surface area contributed by atoms with Crippen LogP contribution < -0.4 is 5.73 Å². The maximum atomic E-state index is 9.47. The highest BCUT2D eigenvalue weighted by atomic mass is 28.1. The summed E-state index contributed by atoms with van der Waals surface area (Å²) in [4.78, 5) is 9.47. The fourth-order valence-electron chi connectivity index (χ4n) is 0.902. The van der Waals surface area contributed by atoms with Crippen LogP contribution in [0.2, 0.25) is 0 Å². The average Bonchev–Trinajstić information content (AvgIpc) is 2.07. The van der Waals surface area contributed by atoms with Crippen LogP contribution in [-0.4, -0.2) is 28.5 Å². The smallest absolute Gasteiger partial charge is 0.240 e. The van der Waals surface area contributed by atoms with Crippen LogP contribution >= 0.6 is 0 Å². The van der Waals surface area contributed by atoms with Gasteiger partial charge in [-0.25, -0.2) is 0 Å². The van der Waals surface area contributed by atoms with Gasteiger partial charge in [-0.05, 0) is 25.3 Å². The van der Waals surface area contributed by atoms with E-state index in [1.807, 2.05) is 0 Å². The Morgan fingerprint density at radius 2 is 2.25 bits per heavy atom. The number of carbonyl (C=O) groups is 1. The van der Waals surface area contributed by atoms with Gasteiger partial charge in [0.1, 0.15) is 0 Å². The van der Waals surface area contributed by atoms with E-state index in [0.717, 1.165) is 12.7 Å². The van der Waals surface area contributed by atoms with E-state index in [4.69, 9.17) is 4.74 Å². The lowest BCUT2D eigenvalue weighted by molar-refractivity contribution is -0.113. The van der Waals surface area contributed by atoms with Crippen LogP contribution in [-0.2, 0) is 9.53 Å². The summed E-state index contributed by atoms with van der Waals surface area (Å²) in [5, 5.41) is 0. The lowest BCUT2D eigenvalue weighted by Gasteiger charge is -2.17. The molecule has 1 aliphatic heterocycles. The maximum absolute atomic E-state index is 9.47. The number of rotatable bonds is 1. The first-order chi connectivity index (χ1) is 5.66. The van der Waals surface area contributed by atoms with Crippen LogP contribution in [0.3, 0.4) is 0 Å². The van der Waals surface area contributed by atoms with Crippen molar-refractivity contribution in [1.82, 2.24) is 0 Å². The SMILES string of the molecule is C=CC(N)=O.[SiH3]C1CCCCO1. The first-order valence-electron chi connectivity index (χ1n) is 4.20. The van der Waals surface area contributed by atoms with E-state index in [0.29, 0.717) is 5.73 Å². The fourth-order valence-corrected chi connectivity index (χ4v) is 1.55. The van der Waals surface area contributed by atoms with Gasteiger partial charge in [-0.15, -0.1) is 0 Å². The van der Waals surface area contributed by atoms with Gasteiger partial charge in [0.15, 0.2) is 0 Å². The molecular formula is C8H17NO2Si. The van der Waals surface area contributed by atoms with Crippen molar-refractivity contribution in [1.29, 1.82) is 0 Å². The molecule has 4 heteroatoms. The highest BCUT2D eigenvalue weighted by molar-refractivity contribution is 6.11. The van der Waals surface area contributed by atoms with Crippen molar-refractivity contribution in [2.75, 3.05) is 6.61 Å². The zero-order chi connectivity index (χ0) is 9.40. The van der Waals surface area contributed by atoms with E-state index in [9.17, 15) is 4.79 Å². The lowest BCUT2D eigenvalue weighted by atomic mass is 10.2. The lowest BCUT2D eigenvalue weighted by Crippen LogP contribution is -2.18. The van der Waals surface area contributed by atoms with Gasteiger partial charge < -0.3 is 10.5 Å². The maximum Gasteiger partial charge on any atom is 0.240 e. The van der Waals surface area contributed by atoms with Crippen molar-refractivity contribution in [2.45, 2.75) is 25.0 Å². The molecule has 0 aliphatic carbocycles. The van der Waals surface area contributed by atoms with Gasteiger partial charge in [-0.1, -0.05) is 6.58 Å². The first kappa shape index (κ1) is 11.4. The summed E-state index contributed by atoms with van der Waals surface area (Å²) in [6, 6.07) is 0. The summed E-state index contributed by atoms with van der Waals surface area (Å²) in [7, 11) is 1.23. The molecule has 1 saturated heterocycles. The summed E-state index contributed by atoms with van der Waals surface area (Å²) in [5.74, 6) is -0.481. The molecule has 0 spiro atoms. The van der Waals surface area contributed by atoms with Crippen molar-refractivity contribution in [3.05, 3.63) is 12.7 Å². The molecule has 1 amide bonds. The van der Waals surface area contributed by atoms with E-state index in [1.165, 1.54) is 29.5 Å². The molecule has 3 nitrogen and oxygen atoms in total. The van der Waals surface area contributed by atoms with Crippen LogP contribution in [0.5, 0.6) is 0 Å². The minimum Gasteiger partial charge on any atom is -0.383 e. The number of amides is 1. The van der Waals surface area contributed by atoms with Crippen molar-refractivity contribution < 1.29 is 9.53 Å². The Morgan fingerprint density at radius 1 is 1.67 bits per heavy atom. The molecule has 2 N–H and O–H groups in total. The van der Waals surface area contributed by atoms with Gasteiger partial charge in [0.25, 0.3) is 0 Å². The molecule has 1 fully saturated rings. The van der Waals surface area contributed by atoms with E-state index in [-0.39, 0.29) is 0 Å². The van der Waals surface area contributed by atoms with E-state index in [1.54, 1.807) is 0 Å². The number of hydrogen-bond acceptors (Lipinski definition) is 2. The molecule has 1 heterocycles. The third kappa shape index (κ3) is 7.49. The Kier molecular flexibility index (Phi) is 6.70. The van der Waals surface area contributed by atoms with E-state index >= 15 is 0 Å². The molecule has 1 unspecified atom stereocenters. The number of nitrogens with two attached hydrogens (primary N) is 1. The van der Waals surface area contributed by atoms with Crippen LogP contribution in [0.15, 0.2) is 12.7 Å². The summed E-state index contributed by atoms with van der Waals surface area (Å²) in [5.41, 5.74) is 5.21. The van der Waals surface area contributed by atoms with Gasteiger partial charge in [-0.3, -0.25) is 4.79 Å². The number of carbonyl (C=O) groups excluding carboxylic acids is 1. The molecule has 0 aromatic carbocycles. The van der Waals surface area contributed by atoms with Gasteiger partial charge in [0.05, 0.1) is 0 Å². The molecule has 1 aliphatic rings. The fraction of sp³-hybridized carbons (Fsp3) is 0.625. The Hall–Kier alpha value is -0.613. The third-order valence-corrected chi connectivity index (χ3v) is 2.52.